The molecule has 1 aromatic heterocycles. The number of anilines is 1. The maximum absolute atomic E-state index is 13.7. The van der Waals surface area contributed by atoms with Crippen LogP contribution in [0.3, 0.4) is 0 Å². The highest BCUT2D eigenvalue weighted by atomic mass is 19.1. The number of hydrogen-bond acceptors (Lipinski definition) is 3. The Bertz CT molecular complexity index is 982. The number of halogens is 1. The molecule has 0 unspecified atom stereocenters. The van der Waals surface area contributed by atoms with Crippen LogP contribution in [0.4, 0.5) is 10.1 Å². The van der Waals surface area contributed by atoms with E-state index in [2.05, 4.69) is 20.1 Å². The van der Waals surface area contributed by atoms with Gasteiger partial charge in [-0.1, -0.05) is 36.8 Å². The van der Waals surface area contributed by atoms with Crippen LogP contribution < -0.4 is 5.32 Å². The van der Waals surface area contributed by atoms with E-state index in [4.69, 9.17) is 0 Å². The molecular formula is C22H23FN4O. The van der Waals surface area contributed by atoms with E-state index in [0.29, 0.717) is 17.7 Å². The topological polar surface area (TPSA) is 59.8 Å². The molecule has 0 fully saturated rings. The van der Waals surface area contributed by atoms with Crippen molar-refractivity contribution >= 4 is 11.6 Å². The third-order valence-electron chi connectivity index (χ3n) is 5.09. The SMILES string of the molecule is O=C(CCc1ccccc1F)Nc1cccc(-c2nnc3n2CCCCC3)c1. The summed E-state index contributed by atoms with van der Waals surface area (Å²) in [6.45, 7) is 0.927. The number of carbonyl (C=O) groups excluding carboxylic acids is 1. The second-order valence-corrected chi connectivity index (χ2v) is 7.12. The fourth-order valence-electron chi connectivity index (χ4n) is 3.61. The average Bonchev–Trinajstić information content (AvgIpc) is 2.96. The molecule has 1 aliphatic heterocycles. The molecule has 0 aliphatic carbocycles. The summed E-state index contributed by atoms with van der Waals surface area (Å²) in [5, 5.41) is 11.6. The van der Waals surface area contributed by atoms with E-state index < -0.39 is 0 Å². The Morgan fingerprint density at radius 3 is 2.86 bits per heavy atom. The van der Waals surface area contributed by atoms with Crippen molar-refractivity contribution < 1.29 is 9.18 Å². The van der Waals surface area contributed by atoms with E-state index in [-0.39, 0.29) is 18.1 Å². The van der Waals surface area contributed by atoms with Gasteiger partial charge in [0.1, 0.15) is 11.6 Å². The van der Waals surface area contributed by atoms with Crippen molar-refractivity contribution in [1.82, 2.24) is 14.8 Å². The van der Waals surface area contributed by atoms with Gasteiger partial charge in [0, 0.05) is 30.6 Å². The van der Waals surface area contributed by atoms with Gasteiger partial charge in [-0.15, -0.1) is 10.2 Å². The molecule has 2 aromatic carbocycles. The van der Waals surface area contributed by atoms with Gasteiger partial charge in [0.25, 0.3) is 0 Å². The quantitative estimate of drug-likeness (QED) is 0.717. The van der Waals surface area contributed by atoms with Gasteiger partial charge < -0.3 is 9.88 Å². The summed E-state index contributed by atoms with van der Waals surface area (Å²) >= 11 is 0. The first-order valence-corrected chi connectivity index (χ1v) is 9.76. The van der Waals surface area contributed by atoms with Crippen LogP contribution in [0.5, 0.6) is 0 Å². The van der Waals surface area contributed by atoms with Gasteiger partial charge in [-0.3, -0.25) is 4.79 Å². The van der Waals surface area contributed by atoms with Gasteiger partial charge in [-0.05, 0) is 43.0 Å². The van der Waals surface area contributed by atoms with Crippen LogP contribution in [-0.2, 0) is 24.2 Å². The summed E-state index contributed by atoms with van der Waals surface area (Å²) in [5.74, 6) is 1.47. The van der Waals surface area contributed by atoms with Crippen LogP contribution in [0.2, 0.25) is 0 Å². The number of hydrogen-bond donors (Lipinski definition) is 1. The summed E-state index contributed by atoms with van der Waals surface area (Å²) < 4.78 is 15.9. The van der Waals surface area contributed by atoms with E-state index in [1.54, 1.807) is 18.2 Å². The van der Waals surface area contributed by atoms with Crippen molar-refractivity contribution in [3.63, 3.8) is 0 Å². The van der Waals surface area contributed by atoms with Gasteiger partial charge in [0.2, 0.25) is 5.91 Å². The molecule has 144 valence electrons. The highest BCUT2D eigenvalue weighted by Gasteiger charge is 2.16. The van der Waals surface area contributed by atoms with Crippen LogP contribution in [-0.4, -0.2) is 20.7 Å². The zero-order valence-corrected chi connectivity index (χ0v) is 15.7. The number of aryl methyl sites for hydroxylation is 2. The second-order valence-electron chi connectivity index (χ2n) is 7.12. The Hall–Kier alpha value is -3.02. The minimum absolute atomic E-state index is 0.138. The lowest BCUT2D eigenvalue weighted by molar-refractivity contribution is -0.116. The monoisotopic (exact) mass is 378 g/mol. The number of aromatic nitrogens is 3. The number of amides is 1. The predicted octanol–water partition coefficient (Wildman–Crippen LogP) is 4.38. The molecule has 5 nitrogen and oxygen atoms in total. The zero-order chi connectivity index (χ0) is 19.3. The summed E-state index contributed by atoms with van der Waals surface area (Å²) in [6, 6.07) is 14.2. The van der Waals surface area contributed by atoms with Crippen molar-refractivity contribution in [1.29, 1.82) is 0 Å². The molecule has 0 spiro atoms. The minimum Gasteiger partial charge on any atom is -0.326 e. The molecule has 1 amide bonds. The van der Waals surface area contributed by atoms with Gasteiger partial charge in [-0.25, -0.2) is 4.39 Å². The van der Waals surface area contributed by atoms with E-state index in [9.17, 15) is 9.18 Å². The van der Waals surface area contributed by atoms with Crippen LogP contribution in [0.1, 0.15) is 37.1 Å². The van der Waals surface area contributed by atoms with Gasteiger partial charge >= 0.3 is 0 Å². The summed E-state index contributed by atoms with van der Waals surface area (Å²) in [4.78, 5) is 12.3. The molecule has 28 heavy (non-hydrogen) atoms. The predicted molar refractivity (Wildman–Crippen MR) is 106 cm³/mol. The van der Waals surface area contributed by atoms with Crippen molar-refractivity contribution in [2.75, 3.05) is 5.32 Å². The lowest BCUT2D eigenvalue weighted by atomic mass is 10.1. The first kappa shape index (κ1) is 18.3. The van der Waals surface area contributed by atoms with Crippen molar-refractivity contribution in [2.45, 2.75) is 45.1 Å². The fraction of sp³-hybridized carbons (Fsp3) is 0.318. The summed E-state index contributed by atoms with van der Waals surface area (Å²) in [6.07, 6.45) is 5.04. The standard InChI is InChI=1S/C22H23FN4O/c23-19-10-4-3-7-16(19)12-13-21(28)24-18-9-6-8-17(15-18)22-26-25-20-11-2-1-5-14-27(20)22/h3-4,6-10,15H,1-2,5,11-14H2,(H,24,28). The third-order valence-corrected chi connectivity index (χ3v) is 5.09. The number of fused-ring (bicyclic) bond motifs is 1. The number of rotatable bonds is 5. The van der Waals surface area contributed by atoms with Crippen LogP contribution >= 0.6 is 0 Å². The number of carbonyl (C=O) groups is 1. The normalized spacial score (nSPS) is 13.6. The molecule has 1 N–H and O–H groups in total. The van der Waals surface area contributed by atoms with Crippen molar-refractivity contribution in [3.05, 3.63) is 65.7 Å². The van der Waals surface area contributed by atoms with Crippen LogP contribution in [0, 0.1) is 5.82 Å². The van der Waals surface area contributed by atoms with Crippen molar-refractivity contribution in [2.24, 2.45) is 0 Å². The largest absolute Gasteiger partial charge is 0.326 e. The highest BCUT2D eigenvalue weighted by molar-refractivity contribution is 5.91. The third kappa shape index (κ3) is 4.11. The minimum atomic E-state index is -0.273. The molecule has 0 bridgehead atoms. The number of benzene rings is 2. The molecule has 1 aliphatic rings. The van der Waals surface area contributed by atoms with Gasteiger partial charge in [-0.2, -0.15) is 0 Å². The summed E-state index contributed by atoms with van der Waals surface area (Å²) in [5.41, 5.74) is 2.20. The lowest BCUT2D eigenvalue weighted by Gasteiger charge is -2.10. The lowest BCUT2D eigenvalue weighted by Crippen LogP contribution is -2.12. The Labute approximate surface area is 163 Å². The van der Waals surface area contributed by atoms with Gasteiger partial charge in [0.15, 0.2) is 5.82 Å². The first-order chi connectivity index (χ1) is 13.7. The van der Waals surface area contributed by atoms with E-state index >= 15 is 0 Å². The van der Waals surface area contributed by atoms with E-state index in [0.717, 1.165) is 43.0 Å². The van der Waals surface area contributed by atoms with Crippen molar-refractivity contribution in [3.8, 4) is 11.4 Å². The Kier molecular flexibility index (Phi) is 5.46. The Morgan fingerprint density at radius 2 is 1.96 bits per heavy atom. The van der Waals surface area contributed by atoms with E-state index in [1.165, 1.54) is 12.5 Å². The molecular weight excluding hydrogens is 355 g/mol. The first-order valence-electron chi connectivity index (χ1n) is 9.76. The van der Waals surface area contributed by atoms with Crippen LogP contribution in [0.25, 0.3) is 11.4 Å². The molecule has 4 rings (SSSR count). The molecule has 6 heteroatoms. The molecule has 0 radical (unpaired) electrons. The molecule has 2 heterocycles. The number of nitrogens with one attached hydrogen (secondary N) is 1. The molecule has 0 saturated heterocycles. The average molecular weight is 378 g/mol. The maximum Gasteiger partial charge on any atom is 0.224 e. The van der Waals surface area contributed by atoms with Gasteiger partial charge in [0.05, 0.1) is 0 Å². The summed E-state index contributed by atoms with van der Waals surface area (Å²) in [7, 11) is 0. The Morgan fingerprint density at radius 1 is 1.07 bits per heavy atom. The van der Waals surface area contributed by atoms with Crippen LogP contribution in [0.15, 0.2) is 48.5 Å². The second kappa shape index (κ2) is 8.33. The molecule has 3 aromatic rings. The number of nitrogens with zero attached hydrogens (tertiary/aromatic N) is 3. The maximum atomic E-state index is 13.7. The molecule has 0 atom stereocenters. The fourth-order valence-corrected chi connectivity index (χ4v) is 3.61. The highest BCUT2D eigenvalue weighted by Crippen LogP contribution is 2.25. The van der Waals surface area contributed by atoms with E-state index in [1.807, 2.05) is 24.3 Å². The molecule has 0 saturated carbocycles. The Balaban J connectivity index is 1.45. The zero-order valence-electron chi connectivity index (χ0n) is 15.7. The smallest absolute Gasteiger partial charge is 0.224 e.